The van der Waals surface area contributed by atoms with Crippen LogP contribution in [0.4, 0.5) is 10.1 Å². The van der Waals surface area contributed by atoms with E-state index in [4.69, 9.17) is 21.1 Å². The number of carboxylic acid groups (broad SMARTS) is 1. The van der Waals surface area contributed by atoms with Gasteiger partial charge in [-0.1, -0.05) is 11.6 Å². The van der Waals surface area contributed by atoms with Crippen molar-refractivity contribution in [3.05, 3.63) is 76.3 Å². The summed E-state index contributed by atoms with van der Waals surface area (Å²) in [5.41, 5.74) is 1.63. The highest BCUT2D eigenvalue weighted by Crippen LogP contribution is 2.36. The molecule has 1 aliphatic heterocycles. The monoisotopic (exact) mass is 383 g/mol. The molecule has 1 amide bonds. The summed E-state index contributed by atoms with van der Waals surface area (Å²) in [6.07, 6.45) is 1.53. The SMILES string of the molecule is O=C1Nc2ccc(Cl)cc2/C1=C/c1ccc(-c2cc(C(=O)O)ccc2F)o1. The van der Waals surface area contributed by atoms with Gasteiger partial charge in [-0.2, -0.15) is 0 Å². The van der Waals surface area contributed by atoms with Crippen molar-refractivity contribution < 1.29 is 23.5 Å². The second-order valence-corrected chi connectivity index (χ2v) is 6.34. The standard InChI is InChI=1S/C20H11ClFNO4/c21-11-2-5-17-13(8-11)14(19(24)23-17)9-12-3-6-18(27-12)15-7-10(20(25)26)1-4-16(15)22/h1-9H,(H,23,24)(H,25,26)/b14-9-. The molecule has 1 aliphatic rings. The normalized spacial score (nSPS) is 14.3. The summed E-state index contributed by atoms with van der Waals surface area (Å²) < 4.78 is 19.7. The molecule has 2 heterocycles. The minimum atomic E-state index is -1.17. The van der Waals surface area contributed by atoms with Gasteiger partial charge >= 0.3 is 5.97 Å². The number of carbonyl (C=O) groups excluding carboxylic acids is 1. The number of amides is 1. The van der Waals surface area contributed by atoms with Crippen LogP contribution in [0.25, 0.3) is 23.0 Å². The fourth-order valence-electron chi connectivity index (χ4n) is 2.87. The number of fused-ring (bicyclic) bond motifs is 1. The van der Waals surface area contributed by atoms with Gasteiger partial charge in [-0.15, -0.1) is 0 Å². The first-order valence-corrected chi connectivity index (χ1v) is 8.26. The Balaban J connectivity index is 1.74. The second-order valence-electron chi connectivity index (χ2n) is 5.90. The van der Waals surface area contributed by atoms with E-state index in [-0.39, 0.29) is 22.8 Å². The molecule has 0 aliphatic carbocycles. The molecule has 0 unspecified atom stereocenters. The minimum Gasteiger partial charge on any atom is -0.478 e. The van der Waals surface area contributed by atoms with Crippen LogP contribution < -0.4 is 5.32 Å². The maximum atomic E-state index is 14.1. The molecule has 3 aromatic rings. The largest absolute Gasteiger partial charge is 0.478 e. The minimum absolute atomic E-state index is 0.0267. The van der Waals surface area contributed by atoms with Crippen molar-refractivity contribution >= 4 is 40.8 Å². The van der Waals surface area contributed by atoms with Gasteiger partial charge in [0.1, 0.15) is 17.3 Å². The summed E-state index contributed by atoms with van der Waals surface area (Å²) in [7, 11) is 0. The molecule has 0 saturated carbocycles. The van der Waals surface area contributed by atoms with Crippen molar-refractivity contribution in [3.63, 3.8) is 0 Å². The highest BCUT2D eigenvalue weighted by molar-refractivity contribution is 6.36. The van der Waals surface area contributed by atoms with Gasteiger partial charge in [0.2, 0.25) is 0 Å². The number of carboxylic acids is 1. The maximum absolute atomic E-state index is 14.1. The third kappa shape index (κ3) is 3.11. The van der Waals surface area contributed by atoms with Gasteiger partial charge in [-0.25, -0.2) is 9.18 Å². The smallest absolute Gasteiger partial charge is 0.335 e. The van der Waals surface area contributed by atoms with Gasteiger partial charge < -0.3 is 14.8 Å². The fourth-order valence-corrected chi connectivity index (χ4v) is 3.04. The molecular formula is C20H11ClFNO4. The van der Waals surface area contributed by atoms with E-state index in [1.54, 1.807) is 24.3 Å². The van der Waals surface area contributed by atoms with E-state index >= 15 is 0 Å². The summed E-state index contributed by atoms with van der Waals surface area (Å²) in [5, 5.41) is 12.3. The average molecular weight is 384 g/mol. The molecular weight excluding hydrogens is 373 g/mol. The first-order chi connectivity index (χ1) is 12.9. The number of nitrogens with one attached hydrogen (secondary N) is 1. The van der Waals surface area contributed by atoms with Crippen LogP contribution in [0.3, 0.4) is 0 Å². The summed E-state index contributed by atoms with van der Waals surface area (Å²) in [6.45, 7) is 0. The van der Waals surface area contributed by atoms with E-state index in [1.165, 1.54) is 24.3 Å². The average Bonchev–Trinajstić information content (AvgIpc) is 3.21. The lowest BCUT2D eigenvalue weighted by atomic mass is 10.1. The van der Waals surface area contributed by atoms with Crippen molar-refractivity contribution in [1.29, 1.82) is 0 Å². The molecule has 2 aromatic carbocycles. The fraction of sp³-hybridized carbons (Fsp3) is 0. The van der Waals surface area contributed by atoms with Crippen molar-refractivity contribution in [2.24, 2.45) is 0 Å². The summed E-state index contributed by atoms with van der Waals surface area (Å²) >= 11 is 6.00. The summed E-state index contributed by atoms with van der Waals surface area (Å²) in [5.74, 6) is -1.59. The van der Waals surface area contributed by atoms with Crippen LogP contribution in [-0.4, -0.2) is 17.0 Å². The molecule has 0 bridgehead atoms. The lowest BCUT2D eigenvalue weighted by Gasteiger charge is -2.02. The molecule has 134 valence electrons. The number of carbonyl (C=O) groups is 2. The zero-order valence-electron chi connectivity index (χ0n) is 13.6. The third-order valence-electron chi connectivity index (χ3n) is 4.16. The Morgan fingerprint density at radius 3 is 2.70 bits per heavy atom. The Kier molecular flexibility index (Phi) is 4.05. The zero-order chi connectivity index (χ0) is 19.1. The highest BCUT2D eigenvalue weighted by Gasteiger charge is 2.25. The van der Waals surface area contributed by atoms with E-state index in [1.807, 2.05) is 0 Å². The van der Waals surface area contributed by atoms with Gasteiger partial charge in [0.25, 0.3) is 5.91 Å². The molecule has 0 spiro atoms. The van der Waals surface area contributed by atoms with Crippen molar-refractivity contribution in [2.75, 3.05) is 5.32 Å². The van der Waals surface area contributed by atoms with E-state index in [2.05, 4.69) is 5.32 Å². The van der Waals surface area contributed by atoms with E-state index in [0.29, 0.717) is 27.6 Å². The summed E-state index contributed by atoms with van der Waals surface area (Å²) in [4.78, 5) is 23.3. The molecule has 5 nitrogen and oxygen atoms in total. The number of rotatable bonds is 3. The number of hydrogen-bond donors (Lipinski definition) is 2. The van der Waals surface area contributed by atoms with Crippen LogP contribution in [0.2, 0.25) is 5.02 Å². The van der Waals surface area contributed by atoms with Crippen LogP contribution in [0.15, 0.2) is 52.9 Å². The predicted octanol–water partition coefficient (Wildman–Crippen LogP) is 4.93. The number of benzene rings is 2. The van der Waals surface area contributed by atoms with Crippen LogP contribution in [0.1, 0.15) is 21.7 Å². The zero-order valence-corrected chi connectivity index (χ0v) is 14.4. The molecule has 0 fully saturated rings. The highest BCUT2D eigenvalue weighted by atomic mass is 35.5. The Bertz CT molecular complexity index is 1130. The molecule has 4 rings (SSSR count). The second kappa shape index (κ2) is 6.41. The van der Waals surface area contributed by atoms with Crippen molar-refractivity contribution in [3.8, 4) is 11.3 Å². The topological polar surface area (TPSA) is 79.5 Å². The third-order valence-corrected chi connectivity index (χ3v) is 4.39. The predicted molar refractivity (Wildman–Crippen MR) is 99.0 cm³/mol. The van der Waals surface area contributed by atoms with Gasteiger partial charge in [0.05, 0.1) is 16.7 Å². The van der Waals surface area contributed by atoms with E-state index in [9.17, 15) is 14.0 Å². The molecule has 0 radical (unpaired) electrons. The maximum Gasteiger partial charge on any atom is 0.335 e. The van der Waals surface area contributed by atoms with Gasteiger partial charge in [0.15, 0.2) is 0 Å². The van der Waals surface area contributed by atoms with E-state index < -0.39 is 11.8 Å². The number of halogens is 2. The molecule has 0 atom stereocenters. The molecule has 2 N–H and O–H groups in total. The van der Waals surface area contributed by atoms with Crippen LogP contribution in [0.5, 0.6) is 0 Å². The van der Waals surface area contributed by atoms with Gasteiger partial charge in [0, 0.05) is 16.3 Å². The van der Waals surface area contributed by atoms with Crippen molar-refractivity contribution in [1.82, 2.24) is 0 Å². The number of furan rings is 1. The Morgan fingerprint density at radius 2 is 1.93 bits per heavy atom. The Morgan fingerprint density at radius 1 is 1.11 bits per heavy atom. The summed E-state index contributed by atoms with van der Waals surface area (Å²) in [6, 6.07) is 11.6. The van der Waals surface area contributed by atoms with Gasteiger partial charge in [-0.05, 0) is 54.6 Å². The lowest BCUT2D eigenvalue weighted by Crippen LogP contribution is -2.03. The Labute approximate surface area is 157 Å². The van der Waals surface area contributed by atoms with Crippen LogP contribution in [0, 0.1) is 5.82 Å². The Hall–Kier alpha value is -3.38. The van der Waals surface area contributed by atoms with Crippen molar-refractivity contribution in [2.45, 2.75) is 0 Å². The molecule has 27 heavy (non-hydrogen) atoms. The lowest BCUT2D eigenvalue weighted by molar-refractivity contribution is -0.110. The molecule has 0 saturated heterocycles. The first-order valence-electron chi connectivity index (χ1n) is 7.88. The number of anilines is 1. The number of aromatic carboxylic acids is 1. The first kappa shape index (κ1) is 17.1. The quantitative estimate of drug-likeness (QED) is 0.628. The molecule has 1 aromatic heterocycles. The van der Waals surface area contributed by atoms with E-state index in [0.717, 1.165) is 6.07 Å². The number of hydrogen-bond acceptors (Lipinski definition) is 3. The molecule has 7 heteroatoms. The van der Waals surface area contributed by atoms with Crippen LogP contribution >= 0.6 is 11.6 Å². The van der Waals surface area contributed by atoms with Crippen LogP contribution in [-0.2, 0) is 4.79 Å². The van der Waals surface area contributed by atoms with Gasteiger partial charge in [-0.3, -0.25) is 4.79 Å².